The quantitative estimate of drug-likeness (QED) is 0.466. The van der Waals surface area contributed by atoms with E-state index in [0.717, 1.165) is 0 Å². The van der Waals surface area contributed by atoms with E-state index in [1.54, 1.807) is 13.1 Å². The molecule has 0 radical (unpaired) electrons. The summed E-state index contributed by atoms with van der Waals surface area (Å²) in [4.78, 5) is 21.3. The molecular formula is C11H14ClN3O3. The van der Waals surface area contributed by atoms with Crippen molar-refractivity contribution in [2.45, 2.75) is 13.0 Å². The van der Waals surface area contributed by atoms with E-state index in [1.165, 1.54) is 12.1 Å². The Bertz CT molecular complexity index is 451. The Morgan fingerprint density at radius 2 is 2.22 bits per heavy atom. The number of nitrogens with one attached hydrogen (secondary N) is 2. The molecule has 0 bridgehead atoms. The van der Waals surface area contributed by atoms with Crippen molar-refractivity contribution in [3.63, 3.8) is 0 Å². The van der Waals surface area contributed by atoms with Gasteiger partial charge in [0.2, 0.25) is 5.91 Å². The lowest BCUT2D eigenvalue weighted by atomic mass is 10.2. The molecule has 0 saturated heterocycles. The van der Waals surface area contributed by atoms with E-state index in [9.17, 15) is 14.9 Å². The number of amides is 1. The van der Waals surface area contributed by atoms with Gasteiger partial charge in [0.15, 0.2) is 0 Å². The number of carbonyl (C=O) groups excluding carboxylic acids is 1. The van der Waals surface area contributed by atoms with Crippen LogP contribution >= 0.6 is 11.6 Å². The van der Waals surface area contributed by atoms with E-state index in [0.29, 0.717) is 30.1 Å². The van der Waals surface area contributed by atoms with Gasteiger partial charge in [-0.05, 0) is 12.1 Å². The SMILES string of the molecule is CNC(=O)CCNCc1cc(Cl)ccc1[N+](=O)[O-]. The lowest BCUT2D eigenvalue weighted by Crippen LogP contribution is -2.24. The highest BCUT2D eigenvalue weighted by molar-refractivity contribution is 6.30. The van der Waals surface area contributed by atoms with Crippen molar-refractivity contribution in [1.29, 1.82) is 0 Å². The van der Waals surface area contributed by atoms with Gasteiger partial charge in [0, 0.05) is 43.2 Å². The van der Waals surface area contributed by atoms with Crippen LogP contribution in [0.4, 0.5) is 5.69 Å². The molecule has 0 atom stereocenters. The molecule has 2 N–H and O–H groups in total. The zero-order valence-electron chi connectivity index (χ0n) is 9.90. The lowest BCUT2D eigenvalue weighted by molar-refractivity contribution is -0.385. The van der Waals surface area contributed by atoms with Crippen molar-refractivity contribution in [1.82, 2.24) is 10.6 Å². The summed E-state index contributed by atoms with van der Waals surface area (Å²) in [7, 11) is 1.56. The first-order valence-electron chi connectivity index (χ1n) is 5.38. The van der Waals surface area contributed by atoms with Crippen LogP contribution in [-0.2, 0) is 11.3 Å². The summed E-state index contributed by atoms with van der Waals surface area (Å²) in [5.74, 6) is -0.0805. The van der Waals surface area contributed by atoms with E-state index >= 15 is 0 Å². The molecule has 1 aromatic carbocycles. The molecule has 1 amide bonds. The second-order valence-corrected chi connectivity index (χ2v) is 4.07. The normalized spacial score (nSPS) is 10.1. The number of hydrogen-bond acceptors (Lipinski definition) is 4. The van der Waals surface area contributed by atoms with Gasteiger partial charge in [-0.3, -0.25) is 14.9 Å². The third-order valence-corrected chi connectivity index (χ3v) is 2.60. The van der Waals surface area contributed by atoms with E-state index in [4.69, 9.17) is 11.6 Å². The number of nitrogens with zero attached hydrogens (tertiary/aromatic N) is 1. The molecule has 0 saturated carbocycles. The molecule has 0 spiro atoms. The molecule has 1 rings (SSSR count). The molecule has 98 valence electrons. The van der Waals surface area contributed by atoms with Crippen LogP contribution in [0.1, 0.15) is 12.0 Å². The van der Waals surface area contributed by atoms with Gasteiger partial charge in [0.25, 0.3) is 5.69 Å². The molecule has 6 nitrogen and oxygen atoms in total. The first-order valence-corrected chi connectivity index (χ1v) is 5.76. The van der Waals surface area contributed by atoms with Crippen LogP contribution in [0.2, 0.25) is 5.02 Å². The minimum absolute atomic E-state index is 0.0202. The molecule has 0 heterocycles. The molecular weight excluding hydrogens is 258 g/mol. The molecule has 0 aliphatic rings. The summed E-state index contributed by atoms with van der Waals surface area (Å²) in [5, 5.41) is 16.7. The summed E-state index contributed by atoms with van der Waals surface area (Å²) in [5.41, 5.74) is 0.524. The van der Waals surface area contributed by atoms with Gasteiger partial charge in [-0.2, -0.15) is 0 Å². The van der Waals surface area contributed by atoms with Gasteiger partial charge in [0.05, 0.1) is 4.92 Å². The molecule has 18 heavy (non-hydrogen) atoms. The highest BCUT2D eigenvalue weighted by Crippen LogP contribution is 2.22. The Labute approximate surface area is 109 Å². The highest BCUT2D eigenvalue weighted by Gasteiger charge is 2.13. The topological polar surface area (TPSA) is 84.3 Å². The number of halogens is 1. The third kappa shape index (κ3) is 4.31. The van der Waals surface area contributed by atoms with Gasteiger partial charge in [-0.25, -0.2) is 0 Å². The van der Waals surface area contributed by atoms with Gasteiger partial charge >= 0.3 is 0 Å². The van der Waals surface area contributed by atoms with Crippen LogP contribution in [0.15, 0.2) is 18.2 Å². The third-order valence-electron chi connectivity index (χ3n) is 2.36. The van der Waals surface area contributed by atoms with Gasteiger partial charge < -0.3 is 10.6 Å². The van der Waals surface area contributed by atoms with Crippen LogP contribution < -0.4 is 10.6 Å². The van der Waals surface area contributed by atoms with Crippen molar-refractivity contribution in [3.8, 4) is 0 Å². The smallest absolute Gasteiger partial charge is 0.273 e. The maximum Gasteiger partial charge on any atom is 0.273 e. The van der Waals surface area contributed by atoms with E-state index in [1.807, 2.05) is 0 Å². The second kappa shape index (κ2) is 6.93. The number of nitro groups is 1. The van der Waals surface area contributed by atoms with Crippen molar-refractivity contribution in [3.05, 3.63) is 38.9 Å². The maximum absolute atomic E-state index is 11.0. The Hall–Kier alpha value is -1.66. The molecule has 0 aliphatic carbocycles. The van der Waals surface area contributed by atoms with Crippen LogP contribution in [-0.4, -0.2) is 24.4 Å². The predicted octanol–water partition coefficient (Wildman–Crippen LogP) is 1.47. The minimum Gasteiger partial charge on any atom is -0.359 e. The van der Waals surface area contributed by atoms with Gasteiger partial charge in [-0.15, -0.1) is 0 Å². The van der Waals surface area contributed by atoms with Crippen LogP contribution in [0, 0.1) is 10.1 Å². The van der Waals surface area contributed by atoms with E-state index in [2.05, 4.69) is 10.6 Å². The number of nitro benzene ring substituents is 1. The molecule has 0 fully saturated rings. The monoisotopic (exact) mass is 271 g/mol. The average molecular weight is 272 g/mol. The Morgan fingerprint density at radius 3 is 2.83 bits per heavy atom. The second-order valence-electron chi connectivity index (χ2n) is 3.63. The van der Waals surface area contributed by atoms with Gasteiger partial charge in [0.1, 0.15) is 0 Å². The number of carbonyl (C=O) groups is 1. The fourth-order valence-corrected chi connectivity index (χ4v) is 1.62. The maximum atomic E-state index is 11.0. The molecule has 7 heteroatoms. The predicted molar refractivity (Wildman–Crippen MR) is 68.5 cm³/mol. The summed E-state index contributed by atoms with van der Waals surface area (Å²) >= 11 is 5.79. The van der Waals surface area contributed by atoms with Crippen molar-refractivity contribution < 1.29 is 9.72 Å². The van der Waals surface area contributed by atoms with Crippen LogP contribution in [0.25, 0.3) is 0 Å². The number of hydrogen-bond donors (Lipinski definition) is 2. The average Bonchev–Trinajstić information content (AvgIpc) is 2.34. The highest BCUT2D eigenvalue weighted by atomic mass is 35.5. The zero-order valence-corrected chi connectivity index (χ0v) is 10.7. The standard InChI is InChI=1S/C11H14ClN3O3/c1-13-11(16)4-5-14-7-8-6-9(12)2-3-10(8)15(17)18/h2-3,6,14H,4-5,7H2,1H3,(H,13,16). The Kier molecular flexibility index (Phi) is 5.54. The molecule has 0 unspecified atom stereocenters. The van der Waals surface area contributed by atoms with E-state index in [-0.39, 0.29) is 11.6 Å². The molecule has 0 aliphatic heterocycles. The summed E-state index contributed by atoms with van der Waals surface area (Å²) in [6.07, 6.45) is 0.324. The van der Waals surface area contributed by atoms with Crippen molar-refractivity contribution in [2.75, 3.05) is 13.6 Å². The van der Waals surface area contributed by atoms with Crippen molar-refractivity contribution >= 4 is 23.2 Å². The number of benzene rings is 1. The largest absolute Gasteiger partial charge is 0.359 e. The summed E-state index contributed by atoms with van der Waals surface area (Å²) in [6.45, 7) is 0.747. The first-order chi connectivity index (χ1) is 8.54. The minimum atomic E-state index is -0.452. The fourth-order valence-electron chi connectivity index (χ4n) is 1.42. The number of rotatable bonds is 6. The molecule has 1 aromatic rings. The van der Waals surface area contributed by atoms with Gasteiger partial charge in [-0.1, -0.05) is 11.6 Å². The molecule has 0 aromatic heterocycles. The zero-order chi connectivity index (χ0) is 13.5. The summed E-state index contributed by atoms with van der Waals surface area (Å²) in [6, 6.07) is 4.40. The fraction of sp³-hybridized carbons (Fsp3) is 0.364. The van der Waals surface area contributed by atoms with E-state index < -0.39 is 4.92 Å². The first kappa shape index (κ1) is 14.4. The van der Waals surface area contributed by atoms with Crippen LogP contribution in [0.5, 0.6) is 0 Å². The Morgan fingerprint density at radius 1 is 1.50 bits per heavy atom. The summed E-state index contributed by atoms with van der Waals surface area (Å²) < 4.78 is 0. The lowest BCUT2D eigenvalue weighted by Gasteiger charge is -2.05. The van der Waals surface area contributed by atoms with Crippen LogP contribution in [0.3, 0.4) is 0 Å². The van der Waals surface area contributed by atoms with Crippen molar-refractivity contribution in [2.24, 2.45) is 0 Å². The Balaban J connectivity index is 2.58.